The molecule has 0 aliphatic carbocycles. The highest BCUT2D eigenvalue weighted by Crippen LogP contribution is 2.28. The molecule has 0 aliphatic heterocycles. The Morgan fingerprint density at radius 1 is 1.11 bits per heavy atom. The lowest BCUT2D eigenvalue weighted by Gasteiger charge is -2.19. The van der Waals surface area contributed by atoms with Gasteiger partial charge in [0.25, 0.3) is 5.56 Å². The first kappa shape index (κ1) is 17.5. The van der Waals surface area contributed by atoms with Crippen molar-refractivity contribution in [3.63, 3.8) is 0 Å². The number of benzene rings is 2. The summed E-state index contributed by atoms with van der Waals surface area (Å²) >= 11 is 1.28. The van der Waals surface area contributed by atoms with Crippen LogP contribution in [0.2, 0.25) is 0 Å². The van der Waals surface area contributed by atoms with Crippen molar-refractivity contribution >= 4 is 31.6 Å². The molecule has 0 saturated carbocycles. The summed E-state index contributed by atoms with van der Waals surface area (Å²) in [6.45, 7) is 3.81. The Kier molecular flexibility index (Phi) is 4.36. The number of nitrogens with zero attached hydrogens (tertiary/aromatic N) is 2. The maximum atomic E-state index is 14.5. The van der Waals surface area contributed by atoms with E-state index in [0.717, 1.165) is 4.70 Å². The van der Waals surface area contributed by atoms with Gasteiger partial charge in [-0.1, -0.05) is 31.2 Å². The van der Waals surface area contributed by atoms with E-state index in [1.807, 2.05) is 26.0 Å². The molecule has 2 aromatic carbocycles. The summed E-state index contributed by atoms with van der Waals surface area (Å²) in [5.74, 6) is -0.195. The summed E-state index contributed by atoms with van der Waals surface area (Å²) in [6, 6.07) is 13.2. The second-order valence-corrected chi connectivity index (χ2v) is 7.49. The molecule has 27 heavy (non-hydrogen) atoms. The van der Waals surface area contributed by atoms with Gasteiger partial charge in [-0.3, -0.25) is 14.2 Å². The van der Waals surface area contributed by atoms with E-state index in [0.29, 0.717) is 16.6 Å². The van der Waals surface area contributed by atoms with E-state index in [2.05, 4.69) is 4.98 Å². The van der Waals surface area contributed by atoms with Gasteiger partial charge in [0, 0.05) is 16.1 Å². The molecular formula is C21H17FN2O2S. The minimum absolute atomic E-state index is 0.0686. The molecule has 0 amide bonds. The Labute approximate surface area is 158 Å². The zero-order chi connectivity index (χ0) is 19.1. The zero-order valence-corrected chi connectivity index (χ0v) is 15.7. The van der Waals surface area contributed by atoms with Crippen molar-refractivity contribution in [2.45, 2.75) is 26.3 Å². The van der Waals surface area contributed by atoms with Gasteiger partial charge in [-0.05, 0) is 37.6 Å². The lowest BCUT2D eigenvalue weighted by molar-refractivity contribution is 0.514. The Hall–Kier alpha value is -2.86. The van der Waals surface area contributed by atoms with Crippen LogP contribution in [0, 0.1) is 5.82 Å². The molecule has 0 saturated heterocycles. The van der Waals surface area contributed by atoms with E-state index in [-0.39, 0.29) is 28.2 Å². The molecule has 0 fully saturated rings. The SMILES string of the molecule is CC[C@H](C)n1c(-c2ccccc2F)nc2sc3ccccc3c(=O)c2c1=O. The summed E-state index contributed by atoms with van der Waals surface area (Å²) in [5.41, 5.74) is -0.488. The van der Waals surface area contributed by atoms with E-state index in [4.69, 9.17) is 0 Å². The minimum Gasteiger partial charge on any atom is -0.289 e. The Bertz CT molecular complexity index is 1290. The largest absolute Gasteiger partial charge is 0.289 e. The van der Waals surface area contributed by atoms with Gasteiger partial charge in [-0.15, -0.1) is 11.3 Å². The van der Waals surface area contributed by atoms with Crippen LogP contribution in [-0.2, 0) is 0 Å². The van der Waals surface area contributed by atoms with Crippen LogP contribution < -0.4 is 11.0 Å². The van der Waals surface area contributed by atoms with Crippen LogP contribution in [0.1, 0.15) is 26.3 Å². The molecule has 2 aromatic heterocycles. The van der Waals surface area contributed by atoms with Crippen molar-refractivity contribution in [1.29, 1.82) is 0 Å². The quantitative estimate of drug-likeness (QED) is 0.482. The fourth-order valence-electron chi connectivity index (χ4n) is 3.19. The van der Waals surface area contributed by atoms with Crippen LogP contribution >= 0.6 is 11.3 Å². The smallest absolute Gasteiger partial charge is 0.266 e. The summed E-state index contributed by atoms with van der Waals surface area (Å²) in [6.07, 6.45) is 0.653. The van der Waals surface area contributed by atoms with Crippen LogP contribution in [0.5, 0.6) is 0 Å². The summed E-state index contributed by atoms with van der Waals surface area (Å²) in [7, 11) is 0. The molecule has 0 spiro atoms. The molecule has 1 atom stereocenters. The van der Waals surface area contributed by atoms with Crippen molar-refractivity contribution in [2.75, 3.05) is 0 Å². The molecule has 0 N–H and O–H groups in total. The summed E-state index contributed by atoms with van der Waals surface area (Å²) in [5, 5.41) is 0.572. The first-order valence-corrected chi connectivity index (χ1v) is 9.57. The highest BCUT2D eigenvalue weighted by molar-refractivity contribution is 7.24. The standard InChI is InChI=1S/C21H17FN2O2S/c1-3-12(2)24-19(13-8-4-6-10-15(13)22)23-20-17(21(24)26)18(25)14-9-5-7-11-16(14)27-20/h4-12H,3H2,1-2H3/t12-/m0/s1. The van der Waals surface area contributed by atoms with Gasteiger partial charge < -0.3 is 0 Å². The highest BCUT2D eigenvalue weighted by Gasteiger charge is 2.21. The monoisotopic (exact) mass is 380 g/mol. The molecule has 0 bridgehead atoms. The van der Waals surface area contributed by atoms with Crippen molar-refractivity contribution in [1.82, 2.24) is 9.55 Å². The normalized spacial score (nSPS) is 12.6. The number of rotatable bonds is 3. The maximum absolute atomic E-state index is 14.5. The molecular weight excluding hydrogens is 363 g/mol. The zero-order valence-electron chi connectivity index (χ0n) is 14.9. The molecule has 0 unspecified atom stereocenters. The number of halogens is 1. The van der Waals surface area contributed by atoms with Crippen molar-refractivity contribution in [3.05, 3.63) is 74.9 Å². The van der Waals surface area contributed by atoms with Crippen LogP contribution in [0.4, 0.5) is 4.39 Å². The van der Waals surface area contributed by atoms with E-state index in [9.17, 15) is 14.0 Å². The average molecular weight is 380 g/mol. The summed E-state index contributed by atoms with van der Waals surface area (Å²) < 4.78 is 16.7. The first-order valence-electron chi connectivity index (χ1n) is 8.76. The van der Waals surface area contributed by atoms with Gasteiger partial charge in [-0.25, -0.2) is 9.37 Å². The van der Waals surface area contributed by atoms with Crippen LogP contribution in [0.25, 0.3) is 31.7 Å². The van der Waals surface area contributed by atoms with E-state index in [1.165, 1.54) is 22.0 Å². The van der Waals surface area contributed by atoms with Gasteiger partial charge in [0.05, 0.1) is 5.56 Å². The van der Waals surface area contributed by atoms with Gasteiger partial charge in [-0.2, -0.15) is 0 Å². The Balaban J connectivity index is 2.21. The molecule has 0 radical (unpaired) electrons. The average Bonchev–Trinajstić information content (AvgIpc) is 2.67. The summed E-state index contributed by atoms with van der Waals surface area (Å²) in [4.78, 5) is 31.2. The molecule has 2 heterocycles. The van der Waals surface area contributed by atoms with Gasteiger partial charge in [0.1, 0.15) is 21.9 Å². The Morgan fingerprint density at radius 3 is 2.56 bits per heavy atom. The fraction of sp³-hybridized carbons (Fsp3) is 0.190. The first-order chi connectivity index (χ1) is 13.0. The van der Waals surface area contributed by atoms with Crippen molar-refractivity contribution < 1.29 is 4.39 Å². The van der Waals surface area contributed by atoms with Crippen molar-refractivity contribution in [3.8, 4) is 11.4 Å². The number of aromatic nitrogens is 2. The Morgan fingerprint density at radius 2 is 1.81 bits per heavy atom. The van der Waals surface area contributed by atoms with Crippen LogP contribution in [-0.4, -0.2) is 9.55 Å². The number of hydrogen-bond acceptors (Lipinski definition) is 4. The topological polar surface area (TPSA) is 52.0 Å². The van der Waals surface area contributed by atoms with Gasteiger partial charge in [0.15, 0.2) is 0 Å². The van der Waals surface area contributed by atoms with E-state index >= 15 is 0 Å². The molecule has 6 heteroatoms. The van der Waals surface area contributed by atoms with Gasteiger partial charge in [0.2, 0.25) is 5.43 Å². The third-order valence-electron chi connectivity index (χ3n) is 4.79. The molecule has 0 aliphatic rings. The minimum atomic E-state index is -0.450. The predicted molar refractivity (Wildman–Crippen MR) is 108 cm³/mol. The van der Waals surface area contributed by atoms with E-state index in [1.54, 1.807) is 30.3 Å². The predicted octanol–water partition coefficient (Wildman–Crippen LogP) is 4.75. The second-order valence-electron chi connectivity index (χ2n) is 6.46. The molecule has 136 valence electrons. The van der Waals surface area contributed by atoms with Crippen LogP contribution in [0.3, 0.4) is 0 Å². The number of fused-ring (bicyclic) bond motifs is 2. The maximum Gasteiger partial charge on any atom is 0.266 e. The molecule has 4 aromatic rings. The molecule has 4 nitrogen and oxygen atoms in total. The van der Waals surface area contributed by atoms with Crippen molar-refractivity contribution in [2.24, 2.45) is 0 Å². The van der Waals surface area contributed by atoms with Crippen LogP contribution in [0.15, 0.2) is 58.1 Å². The number of hydrogen-bond donors (Lipinski definition) is 0. The third-order valence-corrected chi connectivity index (χ3v) is 5.86. The molecule has 4 rings (SSSR count). The fourth-order valence-corrected chi connectivity index (χ4v) is 4.23. The van der Waals surface area contributed by atoms with E-state index < -0.39 is 11.4 Å². The van der Waals surface area contributed by atoms with Gasteiger partial charge >= 0.3 is 0 Å². The third kappa shape index (κ3) is 2.77. The highest BCUT2D eigenvalue weighted by atomic mass is 32.1. The lowest BCUT2D eigenvalue weighted by Crippen LogP contribution is -2.29. The second kappa shape index (κ2) is 6.70. The lowest BCUT2D eigenvalue weighted by atomic mass is 10.1.